The van der Waals surface area contributed by atoms with E-state index < -0.39 is 0 Å². The Kier molecular flexibility index (Phi) is 6.18. The van der Waals surface area contributed by atoms with Gasteiger partial charge >= 0.3 is 0 Å². The van der Waals surface area contributed by atoms with E-state index in [-0.39, 0.29) is 17.9 Å². The zero-order chi connectivity index (χ0) is 22.8. The Bertz CT molecular complexity index is 1160. The predicted molar refractivity (Wildman–Crippen MR) is 129 cm³/mol. The Labute approximate surface area is 194 Å². The first-order chi connectivity index (χ1) is 16.1. The number of unbranched alkanes of at least 4 members (excludes halogenated alkanes) is 1. The lowest BCUT2D eigenvalue weighted by Crippen LogP contribution is -2.57. The number of amides is 2. The highest BCUT2D eigenvalue weighted by Crippen LogP contribution is 2.32. The van der Waals surface area contributed by atoms with Crippen molar-refractivity contribution in [2.24, 2.45) is 5.92 Å². The summed E-state index contributed by atoms with van der Waals surface area (Å²) in [6.07, 6.45) is 4.30. The van der Waals surface area contributed by atoms with Crippen LogP contribution < -0.4 is 10.6 Å². The summed E-state index contributed by atoms with van der Waals surface area (Å²) in [6.45, 7) is 5.98. The van der Waals surface area contributed by atoms with Gasteiger partial charge in [-0.15, -0.1) is 0 Å². The highest BCUT2D eigenvalue weighted by atomic mass is 16.3. The van der Waals surface area contributed by atoms with Gasteiger partial charge in [0.2, 0.25) is 0 Å². The minimum Gasteiger partial charge on any atom is -0.450 e. The summed E-state index contributed by atoms with van der Waals surface area (Å²) in [5.41, 5.74) is 3.05. The Morgan fingerprint density at radius 1 is 1.06 bits per heavy atom. The highest BCUT2D eigenvalue weighted by Gasteiger charge is 2.35. The van der Waals surface area contributed by atoms with Crippen molar-refractivity contribution in [3.8, 4) is 11.1 Å². The van der Waals surface area contributed by atoms with E-state index in [0.29, 0.717) is 29.4 Å². The average Bonchev–Trinajstić information content (AvgIpc) is 3.30. The van der Waals surface area contributed by atoms with Gasteiger partial charge in [-0.05, 0) is 62.0 Å². The van der Waals surface area contributed by atoms with E-state index in [0.717, 1.165) is 61.8 Å². The van der Waals surface area contributed by atoms with Crippen LogP contribution in [0, 0.1) is 5.92 Å². The van der Waals surface area contributed by atoms with Gasteiger partial charge < -0.3 is 20.0 Å². The molecule has 1 aromatic heterocycles. The van der Waals surface area contributed by atoms with Crippen molar-refractivity contribution in [1.29, 1.82) is 0 Å². The van der Waals surface area contributed by atoms with Gasteiger partial charge in [-0.3, -0.25) is 9.59 Å². The molecular formula is C27H31N3O3. The van der Waals surface area contributed by atoms with Crippen molar-refractivity contribution in [2.75, 3.05) is 26.2 Å². The van der Waals surface area contributed by atoms with E-state index >= 15 is 0 Å². The third kappa shape index (κ3) is 4.53. The van der Waals surface area contributed by atoms with E-state index in [1.165, 1.54) is 0 Å². The van der Waals surface area contributed by atoms with Crippen LogP contribution in [0.2, 0.25) is 0 Å². The molecule has 1 unspecified atom stereocenters. The molecule has 0 saturated carbocycles. The van der Waals surface area contributed by atoms with Crippen molar-refractivity contribution in [3.05, 3.63) is 59.9 Å². The van der Waals surface area contributed by atoms with Crippen molar-refractivity contribution in [2.45, 2.75) is 38.6 Å². The van der Waals surface area contributed by atoms with Gasteiger partial charge in [0, 0.05) is 35.6 Å². The van der Waals surface area contributed by atoms with E-state index in [4.69, 9.17) is 4.42 Å². The summed E-state index contributed by atoms with van der Waals surface area (Å²) in [5.74, 6) is 0.668. The molecule has 2 N–H and O–H groups in total. The molecule has 172 valence electrons. The fourth-order valence-corrected chi connectivity index (χ4v) is 5.08. The van der Waals surface area contributed by atoms with Crippen LogP contribution in [0.4, 0.5) is 0 Å². The average molecular weight is 446 g/mol. The topological polar surface area (TPSA) is 74.6 Å². The number of hydrogen-bond donors (Lipinski definition) is 2. The number of piperidine rings is 3. The molecule has 0 radical (unpaired) electrons. The van der Waals surface area contributed by atoms with Gasteiger partial charge in [-0.25, -0.2) is 0 Å². The molecule has 0 aliphatic carbocycles. The third-order valence-electron chi connectivity index (χ3n) is 6.99. The Morgan fingerprint density at radius 2 is 1.88 bits per heavy atom. The maximum absolute atomic E-state index is 13.0. The lowest BCUT2D eigenvalue weighted by atomic mass is 9.84. The number of nitrogens with one attached hydrogen (secondary N) is 2. The van der Waals surface area contributed by atoms with E-state index in [1.54, 1.807) is 0 Å². The molecule has 3 aliphatic rings. The molecule has 2 amide bonds. The predicted octanol–water partition coefficient (Wildman–Crippen LogP) is 4.45. The fraction of sp³-hybridized carbons (Fsp3) is 0.407. The van der Waals surface area contributed by atoms with Crippen LogP contribution in [0.5, 0.6) is 0 Å². The maximum Gasteiger partial charge on any atom is 0.287 e. The number of benzene rings is 2. The standard InChI is InChI=1S/C27H31N3O3/c1-2-3-12-28-26(31)21-8-4-6-19(15-21)22-9-5-7-20-16-24(33-25(20)22)27(32)29-23-17-30-13-10-18(23)11-14-30/h4-9,15-16,18,23H,2-3,10-14,17H2,1H3,(H,28,31)(H,29,32). The molecule has 3 fully saturated rings. The molecule has 2 bridgehead atoms. The monoisotopic (exact) mass is 445 g/mol. The number of nitrogens with zero attached hydrogens (tertiary/aromatic N) is 1. The quantitative estimate of drug-likeness (QED) is 0.527. The minimum absolute atomic E-state index is 0.0745. The van der Waals surface area contributed by atoms with Crippen LogP contribution in [0.3, 0.4) is 0 Å². The van der Waals surface area contributed by atoms with Crippen molar-refractivity contribution in [1.82, 2.24) is 15.5 Å². The number of furan rings is 1. The first-order valence-electron chi connectivity index (χ1n) is 12.1. The maximum atomic E-state index is 13.0. The smallest absolute Gasteiger partial charge is 0.287 e. The summed E-state index contributed by atoms with van der Waals surface area (Å²) >= 11 is 0. The molecule has 3 saturated heterocycles. The molecule has 0 spiro atoms. The largest absolute Gasteiger partial charge is 0.450 e. The molecule has 6 rings (SSSR count). The lowest BCUT2D eigenvalue weighted by molar-refractivity contribution is 0.0607. The van der Waals surface area contributed by atoms with Gasteiger partial charge in [0.05, 0.1) is 0 Å². The van der Waals surface area contributed by atoms with Crippen LogP contribution in [0.25, 0.3) is 22.1 Å². The second-order valence-corrected chi connectivity index (χ2v) is 9.24. The highest BCUT2D eigenvalue weighted by molar-refractivity contribution is 6.01. The summed E-state index contributed by atoms with van der Waals surface area (Å²) in [6, 6.07) is 15.4. The normalized spacial score (nSPS) is 21.8. The van der Waals surface area contributed by atoms with Gasteiger partial charge in [-0.1, -0.05) is 43.7 Å². The summed E-state index contributed by atoms with van der Waals surface area (Å²) in [7, 11) is 0. The second kappa shape index (κ2) is 9.40. The summed E-state index contributed by atoms with van der Waals surface area (Å²) < 4.78 is 6.09. The van der Waals surface area contributed by atoms with Crippen molar-refractivity contribution >= 4 is 22.8 Å². The number of hydrogen-bond acceptors (Lipinski definition) is 4. The number of carbonyl (C=O) groups excluding carboxylic acids is 2. The number of carbonyl (C=O) groups is 2. The lowest BCUT2D eigenvalue weighted by Gasteiger charge is -2.44. The van der Waals surface area contributed by atoms with Crippen LogP contribution in [0.15, 0.2) is 52.9 Å². The number of fused-ring (bicyclic) bond motifs is 4. The number of rotatable bonds is 7. The molecule has 3 aromatic rings. The van der Waals surface area contributed by atoms with Gasteiger partial charge in [-0.2, -0.15) is 0 Å². The summed E-state index contributed by atoms with van der Waals surface area (Å²) in [5, 5.41) is 7.05. The molecule has 6 heteroatoms. The summed E-state index contributed by atoms with van der Waals surface area (Å²) in [4.78, 5) is 27.9. The van der Waals surface area contributed by atoms with Crippen LogP contribution in [-0.2, 0) is 0 Å². The van der Waals surface area contributed by atoms with Gasteiger partial charge in [0.15, 0.2) is 5.76 Å². The molecule has 2 aromatic carbocycles. The van der Waals surface area contributed by atoms with E-state index in [9.17, 15) is 9.59 Å². The van der Waals surface area contributed by atoms with E-state index in [1.807, 2.05) is 48.5 Å². The first-order valence-corrected chi connectivity index (χ1v) is 12.1. The van der Waals surface area contributed by atoms with Crippen molar-refractivity contribution < 1.29 is 14.0 Å². The first kappa shape index (κ1) is 21.7. The van der Waals surface area contributed by atoms with Gasteiger partial charge in [0.25, 0.3) is 11.8 Å². The number of para-hydroxylation sites is 1. The van der Waals surface area contributed by atoms with Crippen LogP contribution in [-0.4, -0.2) is 48.9 Å². The van der Waals surface area contributed by atoms with Gasteiger partial charge in [0.1, 0.15) is 5.58 Å². The fourth-order valence-electron chi connectivity index (χ4n) is 5.08. The second-order valence-electron chi connectivity index (χ2n) is 9.24. The van der Waals surface area contributed by atoms with E-state index in [2.05, 4.69) is 22.5 Å². The molecule has 4 heterocycles. The SMILES string of the molecule is CCCCNC(=O)c1cccc(-c2cccc3cc(C(=O)NC4CN5CCC4CC5)oc23)c1. The molecular weight excluding hydrogens is 414 g/mol. The third-order valence-corrected chi connectivity index (χ3v) is 6.99. The Balaban J connectivity index is 1.37. The zero-order valence-electron chi connectivity index (χ0n) is 19.1. The van der Waals surface area contributed by atoms with Crippen LogP contribution in [0.1, 0.15) is 53.5 Å². The molecule has 1 atom stereocenters. The Morgan fingerprint density at radius 3 is 2.64 bits per heavy atom. The zero-order valence-corrected chi connectivity index (χ0v) is 19.1. The Hall–Kier alpha value is -3.12. The van der Waals surface area contributed by atoms with Crippen molar-refractivity contribution in [3.63, 3.8) is 0 Å². The molecule has 3 aliphatic heterocycles. The minimum atomic E-state index is -0.153. The van der Waals surface area contributed by atoms with Crippen LogP contribution >= 0.6 is 0 Å². The molecule has 6 nitrogen and oxygen atoms in total. The molecule has 33 heavy (non-hydrogen) atoms.